The molecule has 0 spiro atoms. The van der Waals surface area contributed by atoms with Crippen LogP contribution in [0.5, 0.6) is 0 Å². The minimum Gasteiger partial charge on any atom is -0.481 e. The zero-order valence-corrected chi connectivity index (χ0v) is 17.8. The minimum atomic E-state index is -0.941. The molecule has 2 aromatic carbocycles. The van der Waals surface area contributed by atoms with Crippen molar-refractivity contribution >= 4 is 18.0 Å². The van der Waals surface area contributed by atoms with Crippen LogP contribution in [0.3, 0.4) is 0 Å². The first kappa shape index (κ1) is 22.3. The van der Waals surface area contributed by atoms with Crippen molar-refractivity contribution in [1.29, 1.82) is 0 Å². The number of hydrogen-bond donors (Lipinski definition) is 2. The van der Waals surface area contributed by atoms with E-state index in [0.717, 1.165) is 11.1 Å². The number of carboxylic acid groups (broad SMARTS) is 1. The van der Waals surface area contributed by atoms with E-state index >= 15 is 0 Å². The first-order valence-electron chi connectivity index (χ1n) is 10.4. The quantitative estimate of drug-likeness (QED) is 0.642. The number of amides is 2. The molecule has 31 heavy (non-hydrogen) atoms. The van der Waals surface area contributed by atoms with Gasteiger partial charge < -0.3 is 20.1 Å². The lowest BCUT2D eigenvalue weighted by molar-refractivity contribution is -0.139. The van der Waals surface area contributed by atoms with Gasteiger partial charge in [-0.1, -0.05) is 55.5 Å². The molecule has 1 aliphatic carbocycles. The lowest BCUT2D eigenvalue weighted by Crippen LogP contribution is -2.35. The second-order valence-corrected chi connectivity index (χ2v) is 7.85. The van der Waals surface area contributed by atoms with Gasteiger partial charge in [0.15, 0.2) is 0 Å². The zero-order chi connectivity index (χ0) is 22.4. The van der Waals surface area contributed by atoms with Gasteiger partial charge in [0.1, 0.15) is 6.61 Å². The fourth-order valence-corrected chi connectivity index (χ4v) is 3.91. The number of carboxylic acids is 1. The Morgan fingerprint density at radius 2 is 1.65 bits per heavy atom. The summed E-state index contributed by atoms with van der Waals surface area (Å²) in [5, 5.41) is 11.4. The van der Waals surface area contributed by atoms with Crippen molar-refractivity contribution in [3.63, 3.8) is 0 Å². The summed E-state index contributed by atoms with van der Waals surface area (Å²) in [5.41, 5.74) is 4.65. The number of nitrogens with zero attached hydrogens (tertiary/aromatic N) is 1. The van der Waals surface area contributed by atoms with Gasteiger partial charge in [0.05, 0.1) is 6.42 Å². The van der Waals surface area contributed by atoms with Crippen LogP contribution in [0.1, 0.15) is 36.8 Å². The molecule has 0 saturated carbocycles. The molecule has 0 saturated heterocycles. The molecule has 2 aromatic rings. The molecule has 2 amide bonds. The van der Waals surface area contributed by atoms with E-state index in [9.17, 15) is 14.4 Å². The Morgan fingerprint density at radius 3 is 2.23 bits per heavy atom. The molecule has 1 unspecified atom stereocenters. The smallest absolute Gasteiger partial charge is 0.407 e. The number of carbonyl (C=O) groups is 3. The van der Waals surface area contributed by atoms with Crippen molar-refractivity contribution in [3.05, 3.63) is 59.7 Å². The third-order valence-corrected chi connectivity index (χ3v) is 5.65. The van der Waals surface area contributed by atoms with Crippen LogP contribution in [-0.2, 0) is 14.3 Å². The summed E-state index contributed by atoms with van der Waals surface area (Å²) in [4.78, 5) is 36.5. The Balaban J connectivity index is 1.46. The third-order valence-electron chi connectivity index (χ3n) is 5.65. The lowest BCUT2D eigenvalue weighted by atomic mass is 9.98. The normalized spacial score (nSPS) is 13.1. The molecule has 1 aliphatic rings. The Hall–Kier alpha value is -3.35. The summed E-state index contributed by atoms with van der Waals surface area (Å²) in [6.07, 6.45) is -0.159. The van der Waals surface area contributed by atoms with Gasteiger partial charge in [0.25, 0.3) is 0 Å². The van der Waals surface area contributed by atoms with Gasteiger partial charge in [0.2, 0.25) is 5.91 Å². The first-order chi connectivity index (χ1) is 14.9. The van der Waals surface area contributed by atoms with Crippen LogP contribution < -0.4 is 5.32 Å². The number of rotatable bonds is 9. The molecule has 164 valence electrons. The molecule has 0 bridgehead atoms. The van der Waals surface area contributed by atoms with Crippen molar-refractivity contribution in [2.75, 3.05) is 26.7 Å². The van der Waals surface area contributed by atoms with E-state index in [4.69, 9.17) is 9.84 Å². The number of carbonyl (C=O) groups excluding carboxylic acids is 2. The Labute approximate surface area is 182 Å². The van der Waals surface area contributed by atoms with Crippen LogP contribution in [0.4, 0.5) is 4.79 Å². The van der Waals surface area contributed by atoms with Crippen LogP contribution in [0.25, 0.3) is 11.1 Å². The number of hydrogen-bond acceptors (Lipinski definition) is 4. The van der Waals surface area contributed by atoms with Crippen molar-refractivity contribution in [2.24, 2.45) is 5.92 Å². The van der Waals surface area contributed by atoms with Crippen LogP contribution in [0, 0.1) is 5.92 Å². The molecular weight excluding hydrogens is 396 g/mol. The van der Waals surface area contributed by atoms with Gasteiger partial charge in [-0.05, 0) is 28.7 Å². The summed E-state index contributed by atoms with van der Waals surface area (Å²) in [5.74, 6) is -1.41. The van der Waals surface area contributed by atoms with E-state index < -0.39 is 12.1 Å². The van der Waals surface area contributed by atoms with Gasteiger partial charge in [-0.15, -0.1) is 0 Å². The number of nitrogens with one attached hydrogen (secondary N) is 1. The SMILES string of the molecule is CC(CCNC(=O)OCC1c2ccccc2-c2ccccc21)C(=O)N(C)CCC(=O)O. The molecule has 7 heteroatoms. The molecular formula is C24H28N2O5. The summed E-state index contributed by atoms with van der Waals surface area (Å²) in [6.45, 7) is 2.47. The number of ether oxygens (including phenoxy) is 1. The van der Waals surface area contributed by atoms with Crippen molar-refractivity contribution in [3.8, 4) is 11.1 Å². The van der Waals surface area contributed by atoms with Gasteiger partial charge in [-0.3, -0.25) is 9.59 Å². The largest absolute Gasteiger partial charge is 0.481 e. The molecule has 2 N–H and O–H groups in total. The summed E-state index contributed by atoms with van der Waals surface area (Å²) >= 11 is 0. The van der Waals surface area contributed by atoms with Gasteiger partial charge in [-0.25, -0.2) is 4.79 Å². The van der Waals surface area contributed by atoms with E-state index in [1.165, 1.54) is 16.0 Å². The zero-order valence-electron chi connectivity index (χ0n) is 17.8. The van der Waals surface area contributed by atoms with Crippen molar-refractivity contribution < 1.29 is 24.2 Å². The van der Waals surface area contributed by atoms with E-state index in [0.29, 0.717) is 13.0 Å². The Kier molecular flexibility index (Phi) is 7.28. The van der Waals surface area contributed by atoms with Crippen LogP contribution in [0.2, 0.25) is 0 Å². The highest BCUT2D eigenvalue weighted by Crippen LogP contribution is 2.44. The van der Waals surface area contributed by atoms with E-state index in [-0.39, 0.29) is 37.3 Å². The maximum atomic E-state index is 12.3. The maximum absolute atomic E-state index is 12.3. The lowest BCUT2D eigenvalue weighted by Gasteiger charge is -2.21. The second-order valence-electron chi connectivity index (χ2n) is 7.85. The second kappa shape index (κ2) is 10.1. The number of aliphatic carboxylic acids is 1. The van der Waals surface area contributed by atoms with E-state index in [1.807, 2.05) is 24.3 Å². The molecule has 3 rings (SSSR count). The Bertz CT molecular complexity index is 913. The average molecular weight is 424 g/mol. The van der Waals surface area contributed by atoms with Gasteiger partial charge in [0, 0.05) is 32.0 Å². The molecule has 0 aromatic heterocycles. The minimum absolute atomic E-state index is 0.00142. The number of benzene rings is 2. The van der Waals surface area contributed by atoms with Crippen LogP contribution in [0.15, 0.2) is 48.5 Å². The van der Waals surface area contributed by atoms with Gasteiger partial charge >= 0.3 is 12.1 Å². The Morgan fingerprint density at radius 1 is 1.06 bits per heavy atom. The standard InChI is InChI=1S/C24H28N2O5/c1-16(23(29)26(2)14-12-22(27)28)11-13-25-24(30)31-15-21-19-9-5-3-7-17(19)18-8-4-6-10-20(18)21/h3-10,16,21H,11-15H2,1-2H3,(H,25,30)(H,27,28). The summed E-state index contributed by atoms with van der Waals surface area (Å²) < 4.78 is 5.48. The maximum Gasteiger partial charge on any atom is 0.407 e. The van der Waals surface area contributed by atoms with Crippen LogP contribution >= 0.6 is 0 Å². The van der Waals surface area contributed by atoms with Gasteiger partial charge in [-0.2, -0.15) is 0 Å². The fraction of sp³-hybridized carbons (Fsp3) is 0.375. The highest BCUT2D eigenvalue weighted by atomic mass is 16.5. The molecule has 0 aliphatic heterocycles. The van der Waals surface area contributed by atoms with Crippen molar-refractivity contribution in [1.82, 2.24) is 10.2 Å². The topological polar surface area (TPSA) is 95.9 Å². The molecule has 7 nitrogen and oxygen atoms in total. The van der Waals surface area contributed by atoms with E-state index in [1.54, 1.807) is 14.0 Å². The highest BCUT2D eigenvalue weighted by molar-refractivity contribution is 5.80. The third kappa shape index (κ3) is 5.42. The van der Waals surface area contributed by atoms with Crippen molar-refractivity contribution in [2.45, 2.75) is 25.7 Å². The molecule has 0 radical (unpaired) electrons. The fourth-order valence-electron chi connectivity index (χ4n) is 3.91. The average Bonchev–Trinajstić information content (AvgIpc) is 3.09. The van der Waals surface area contributed by atoms with E-state index in [2.05, 4.69) is 29.6 Å². The molecule has 1 atom stereocenters. The number of alkyl carbamates (subject to hydrolysis) is 1. The molecule has 0 heterocycles. The molecule has 0 fully saturated rings. The monoisotopic (exact) mass is 424 g/mol. The predicted molar refractivity (Wildman–Crippen MR) is 117 cm³/mol. The highest BCUT2D eigenvalue weighted by Gasteiger charge is 2.29. The predicted octanol–water partition coefficient (Wildman–Crippen LogP) is 3.48. The number of fused-ring (bicyclic) bond motifs is 3. The first-order valence-corrected chi connectivity index (χ1v) is 10.4. The summed E-state index contributed by atoms with van der Waals surface area (Å²) in [6, 6.07) is 16.3. The summed E-state index contributed by atoms with van der Waals surface area (Å²) in [7, 11) is 1.58. The van der Waals surface area contributed by atoms with Crippen LogP contribution in [-0.4, -0.2) is 54.7 Å².